The Morgan fingerprint density at radius 1 is 1.35 bits per heavy atom. The SMILES string of the molecule is CC.O=CC(C1C=CC=CC1)C12C=CC=C1C2. The molecule has 3 aliphatic carbocycles. The van der Waals surface area contributed by atoms with Gasteiger partial charge in [-0.25, -0.2) is 0 Å². The normalized spacial score (nSPS) is 33.3. The minimum atomic E-state index is 0.113. The van der Waals surface area contributed by atoms with Crippen molar-refractivity contribution in [3.8, 4) is 0 Å². The average Bonchev–Trinajstić information content (AvgIpc) is 2.96. The smallest absolute Gasteiger partial charge is 0.124 e. The quantitative estimate of drug-likeness (QED) is 0.671. The van der Waals surface area contributed by atoms with Crippen molar-refractivity contribution in [1.82, 2.24) is 0 Å². The molecule has 0 aromatic carbocycles. The van der Waals surface area contributed by atoms with Crippen LogP contribution in [-0.4, -0.2) is 6.29 Å². The summed E-state index contributed by atoms with van der Waals surface area (Å²) in [6.07, 6.45) is 18.2. The lowest BCUT2D eigenvalue weighted by Crippen LogP contribution is -2.24. The summed E-state index contributed by atoms with van der Waals surface area (Å²) < 4.78 is 0. The van der Waals surface area contributed by atoms with E-state index in [9.17, 15) is 4.79 Å². The molecular formula is C16H20O. The van der Waals surface area contributed by atoms with Crippen molar-refractivity contribution in [3.63, 3.8) is 0 Å². The van der Waals surface area contributed by atoms with Crippen molar-refractivity contribution in [1.29, 1.82) is 0 Å². The van der Waals surface area contributed by atoms with E-state index in [0.717, 1.165) is 19.1 Å². The van der Waals surface area contributed by atoms with Crippen molar-refractivity contribution < 1.29 is 4.79 Å². The summed E-state index contributed by atoms with van der Waals surface area (Å²) in [5.74, 6) is 0.532. The monoisotopic (exact) mass is 228 g/mol. The lowest BCUT2D eigenvalue weighted by Gasteiger charge is -2.25. The summed E-state index contributed by atoms with van der Waals surface area (Å²) >= 11 is 0. The van der Waals surface area contributed by atoms with Crippen LogP contribution in [0.15, 0.2) is 48.1 Å². The predicted molar refractivity (Wildman–Crippen MR) is 71.6 cm³/mol. The standard InChI is InChI=1S/C14H14O.C2H6/c15-10-13(11-5-2-1-3-6-11)14-8-4-7-12(14)9-14;1-2/h1-5,7-8,10-11,13H,6,9H2;1-2H3. The Bertz CT molecular complexity index is 411. The van der Waals surface area contributed by atoms with E-state index < -0.39 is 0 Å². The van der Waals surface area contributed by atoms with Crippen LogP contribution < -0.4 is 0 Å². The molecule has 1 saturated carbocycles. The van der Waals surface area contributed by atoms with E-state index in [1.54, 1.807) is 0 Å². The fourth-order valence-electron chi connectivity index (χ4n) is 2.90. The lowest BCUT2D eigenvalue weighted by molar-refractivity contribution is -0.113. The Morgan fingerprint density at radius 2 is 2.18 bits per heavy atom. The molecule has 0 saturated heterocycles. The van der Waals surface area contributed by atoms with Crippen LogP contribution in [-0.2, 0) is 4.79 Å². The zero-order valence-corrected chi connectivity index (χ0v) is 10.6. The van der Waals surface area contributed by atoms with Gasteiger partial charge in [0.2, 0.25) is 0 Å². The molecule has 1 fully saturated rings. The highest BCUT2D eigenvalue weighted by molar-refractivity contribution is 5.65. The number of carbonyl (C=O) groups is 1. The molecule has 0 aliphatic heterocycles. The van der Waals surface area contributed by atoms with Crippen LogP contribution in [0.4, 0.5) is 0 Å². The highest BCUT2D eigenvalue weighted by Gasteiger charge is 2.55. The second kappa shape index (κ2) is 4.87. The topological polar surface area (TPSA) is 17.1 Å². The van der Waals surface area contributed by atoms with E-state index in [2.05, 4.69) is 42.5 Å². The van der Waals surface area contributed by atoms with Crippen LogP contribution in [0.5, 0.6) is 0 Å². The molecule has 3 unspecified atom stereocenters. The molecule has 1 nitrogen and oxygen atoms in total. The second-order valence-corrected chi connectivity index (χ2v) is 4.64. The van der Waals surface area contributed by atoms with Gasteiger partial charge in [0.05, 0.1) is 0 Å². The van der Waals surface area contributed by atoms with Gasteiger partial charge in [-0.05, 0) is 18.8 Å². The van der Waals surface area contributed by atoms with Crippen LogP contribution >= 0.6 is 0 Å². The van der Waals surface area contributed by atoms with Crippen LogP contribution in [0.2, 0.25) is 0 Å². The minimum absolute atomic E-state index is 0.113. The van der Waals surface area contributed by atoms with E-state index in [0.29, 0.717) is 5.92 Å². The third-order valence-corrected chi connectivity index (χ3v) is 3.86. The number of aldehydes is 1. The third kappa shape index (κ3) is 1.95. The van der Waals surface area contributed by atoms with Crippen LogP contribution in [0.25, 0.3) is 0 Å². The number of hydrogen-bond acceptors (Lipinski definition) is 1. The molecule has 0 spiro atoms. The second-order valence-electron chi connectivity index (χ2n) is 4.64. The summed E-state index contributed by atoms with van der Waals surface area (Å²) in [5, 5.41) is 0. The summed E-state index contributed by atoms with van der Waals surface area (Å²) in [7, 11) is 0. The van der Waals surface area contributed by atoms with E-state index in [1.165, 1.54) is 5.57 Å². The first-order valence-corrected chi connectivity index (χ1v) is 6.54. The Labute approximate surface area is 104 Å². The van der Waals surface area contributed by atoms with Crippen molar-refractivity contribution in [2.45, 2.75) is 26.7 Å². The molecule has 3 atom stereocenters. The molecule has 1 heteroatoms. The van der Waals surface area contributed by atoms with Crippen molar-refractivity contribution >= 4 is 6.29 Å². The Morgan fingerprint density at radius 3 is 2.65 bits per heavy atom. The van der Waals surface area contributed by atoms with Gasteiger partial charge in [0.25, 0.3) is 0 Å². The van der Waals surface area contributed by atoms with Crippen molar-refractivity contribution in [3.05, 3.63) is 48.1 Å². The molecule has 3 rings (SSSR count). The molecule has 90 valence electrons. The molecule has 17 heavy (non-hydrogen) atoms. The maximum Gasteiger partial charge on any atom is 0.124 e. The first kappa shape index (κ1) is 12.1. The highest BCUT2D eigenvalue weighted by atomic mass is 16.1. The maximum absolute atomic E-state index is 11.3. The number of carbonyl (C=O) groups excluding carboxylic acids is 1. The molecule has 0 heterocycles. The number of allylic oxidation sites excluding steroid dienone is 8. The van der Waals surface area contributed by atoms with E-state index in [1.807, 2.05) is 13.8 Å². The maximum atomic E-state index is 11.3. The van der Waals surface area contributed by atoms with Crippen LogP contribution in [0.1, 0.15) is 26.7 Å². The molecule has 0 aromatic rings. The zero-order valence-electron chi connectivity index (χ0n) is 10.6. The van der Waals surface area contributed by atoms with Crippen molar-refractivity contribution in [2.24, 2.45) is 17.3 Å². The van der Waals surface area contributed by atoms with Gasteiger partial charge in [-0.1, -0.05) is 62.0 Å². The molecule has 0 aromatic heterocycles. The Hall–Kier alpha value is -1.37. The molecule has 0 radical (unpaired) electrons. The summed E-state index contributed by atoms with van der Waals surface area (Å²) in [6.45, 7) is 4.00. The van der Waals surface area contributed by atoms with Crippen molar-refractivity contribution in [2.75, 3.05) is 0 Å². The summed E-state index contributed by atoms with van der Waals surface area (Å²) in [4.78, 5) is 11.3. The first-order chi connectivity index (χ1) is 8.37. The number of rotatable bonds is 3. The lowest BCUT2D eigenvalue weighted by atomic mass is 9.77. The first-order valence-electron chi connectivity index (χ1n) is 6.54. The largest absolute Gasteiger partial charge is 0.303 e. The fraction of sp³-hybridized carbons (Fsp3) is 0.438. The summed E-state index contributed by atoms with van der Waals surface area (Å²) in [6, 6.07) is 0. The van der Waals surface area contributed by atoms with E-state index in [-0.39, 0.29) is 11.3 Å². The summed E-state index contributed by atoms with van der Waals surface area (Å²) in [5.41, 5.74) is 1.56. The fourth-order valence-corrected chi connectivity index (χ4v) is 2.90. The molecule has 3 aliphatic rings. The predicted octanol–water partition coefficient (Wildman–Crippen LogP) is 3.85. The molecule has 0 N–H and O–H groups in total. The zero-order chi connectivity index (χ0) is 12.3. The van der Waals surface area contributed by atoms with Gasteiger partial charge >= 0.3 is 0 Å². The van der Waals surface area contributed by atoms with Gasteiger partial charge in [0.15, 0.2) is 0 Å². The molecular weight excluding hydrogens is 208 g/mol. The third-order valence-electron chi connectivity index (χ3n) is 3.86. The molecule has 0 amide bonds. The van der Waals surface area contributed by atoms with Gasteiger partial charge in [-0.2, -0.15) is 0 Å². The highest BCUT2D eigenvalue weighted by Crippen LogP contribution is 2.62. The molecule has 0 bridgehead atoms. The van der Waals surface area contributed by atoms with Crippen LogP contribution in [0, 0.1) is 17.3 Å². The van der Waals surface area contributed by atoms with Gasteiger partial charge in [0.1, 0.15) is 6.29 Å². The van der Waals surface area contributed by atoms with Gasteiger partial charge in [0, 0.05) is 11.3 Å². The minimum Gasteiger partial charge on any atom is -0.303 e. The Balaban J connectivity index is 0.000000514. The van der Waals surface area contributed by atoms with Gasteiger partial charge < -0.3 is 4.79 Å². The Kier molecular flexibility index (Phi) is 3.46. The average molecular weight is 228 g/mol. The van der Waals surface area contributed by atoms with E-state index >= 15 is 0 Å². The number of fused-ring (bicyclic) bond motifs is 1. The van der Waals surface area contributed by atoms with E-state index in [4.69, 9.17) is 0 Å². The number of hydrogen-bond donors (Lipinski definition) is 0. The van der Waals surface area contributed by atoms with Gasteiger partial charge in [-0.3, -0.25) is 0 Å². The van der Waals surface area contributed by atoms with Crippen LogP contribution in [0.3, 0.4) is 0 Å². The van der Waals surface area contributed by atoms with Gasteiger partial charge in [-0.15, -0.1) is 0 Å².